The first-order chi connectivity index (χ1) is 13.2. The van der Waals surface area contributed by atoms with Crippen LogP contribution in [0, 0.1) is 5.82 Å². The molecule has 1 atom stereocenters. The minimum Gasteiger partial charge on any atom is -0.494 e. The summed E-state index contributed by atoms with van der Waals surface area (Å²) in [5, 5.41) is 4.99. The number of anilines is 1. The van der Waals surface area contributed by atoms with Gasteiger partial charge in [-0.2, -0.15) is 0 Å². The van der Waals surface area contributed by atoms with Crippen LogP contribution in [0.4, 0.5) is 10.1 Å². The minimum atomic E-state index is -0.284. The molecule has 2 aromatic carbocycles. The first-order valence-corrected chi connectivity index (χ1v) is 9.93. The molecular formula is C22H20FNO2S. The lowest BCUT2D eigenvalue weighted by Gasteiger charge is -2.24. The normalized spacial score (nSPS) is 15.9. The maximum absolute atomic E-state index is 13.6. The van der Waals surface area contributed by atoms with Crippen LogP contribution < -0.4 is 10.1 Å². The number of carbonyl (C=O) groups excluding carboxylic acids is 1. The zero-order valence-corrected chi connectivity index (χ0v) is 15.8. The number of hydrogen-bond acceptors (Lipinski definition) is 3. The topological polar surface area (TPSA) is 38.3 Å². The molecule has 1 N–H and O–H groups in total. The van der Waals surface area contributed by atoms with Crippen molar-refractivity contribution in [3.8, 4) is 16.9 Å². The third kappa shape index (κ3) is 3.60. The van der Waals surface area contributed by atoms with Crippen LogP contribution in [0.25, 0.3) is 11.1 Å². The highest BCUT2D eigenvalue weighted by Gasteiger charge is 2.30. The van der Waals surface area contributed by atoms with Crippen molar-refractivity contribution in [1.29, 1.82) is 0 Å². The Morgan fingerprint density at radius 3 is 2.78 bits per heavy atom. The van der Waals surface area contributed by atoms with Gasteiger partial charge in [-0.3, -0.25) is 4.79 Å². The number of thiophene rings is 1. The van der Waals surface area contributed by atoms with Crippen molar-refractivity contribution in [3.05, 3.63) is 70.2 Å². The molecule has 1 aliphatic rings. The van der Waals surface area contributed by atoms with Crippen molar-refractivity contribution in [2.24, 2.45) is 0 Å². The standard InChI is InChI=1S/C22H20FNO2S/c1-2-10-26-17-8-6-14(7-9-17)18-12-20(25)24-21-19(13-27-22(18)21)15-4-3-5-16(23)11-15/h3-9,11,13,18H,2,10,12H2,1H3,(H,24,25)/t18-/m1/s1. The van der Waals surface area contributed by atoms with Crippen LogP contribution in [0.15, 0.2) is 53.9 Å². The molecule has 1 aliphatic heterocycles. The number of rotatable bonds is 5. The second kappa shape index (κ2) is 7.53. The molecule has 1 amide bonds. The fourth-order valence-electron chi connectivity index (χ4n) is 3.38. The molecule has 3 aromatic rings. The van der Waals surface area contributed by atoms with E-state index < -0.39 is 0 Å². The quantitative estimate of drug-likeness (QED) is 0.605. The van der Waals surface area contributed by atoms with Crippen LogP contribution in [0.3, 0.4) is 0 Å². The molecule has 138 valence electrons. The number of carbonyl (C=O) groups is 1. The van der Waals surface area contributed by atoms with Crippen LogP contribution in [-0.4, -0.2) is 12.5 Å². The molecule has 0 radical (unpaired) electrons. The second-order valence-corrected chi connectivity index (χ2v) is 7.53. The number of fused-ring (bicyclic) bond motifs is 1. The molecule has 0 aliphatic carbocycles. The van der Waals surface area contributed by atoms with Gasteiger partial charge in [-0.15, -0.1) is 11.3 Å². The van der Waals surface area contributed by atoms with Crippen molar-refractivity contribution < 1.29 is 13.9 Å². The van der Waals surface area contributed by atoms with Gasteiger partial charge in [0.25, 0.3) is 0 Å². The first-order valence-electron chi connectivity index (χ1n) is 9.05. The Morgan fingerprint density at radius 1 is 1.22 bits per heavy atom. The molecule has 0 unspecified atom stereocenters. The van der Waals surface area contributed by atoms with Gasteiger partial charge in [-0.25, -0.2) is 4.39 Å². The van der Waals surface area contributed by atoms with Crippen LogP contribution >= 0.6 is 11.3 Å². The molecule has 2 heterocycles. The summed E-state index contributed by atoms with van der Waals surface area (Å²) in [5.41, 5.74) is 3.54. The Hall–Kier alpha value is -2.66. The van der Waals surface area contributed by atoms with E-state index in [9.17, 15) is 9.18 Å². The van der Waals surface area contributed by atoms with Gasteiger partial charge in [-0.05, 0) is 41.8 Å². The van der Waals surface area contributed by atoms with Crippen molar-refractivity contribution in [3.63, 3.8) is 0 Å². The number of hydrogen-bond donors (Lipinski definition) is 1. The molecule has 27 heavy (non-hydrogen) atoms. The lowest BCUT2D eigenvalue weighted by molar-refractivity contribution is -0.116. The van der Waals surface area contributed by atoms with Gasteiger partial charge in [0, 0.05) is 28.2 Å². The van der Waals surface area contributed by atoms with E-state index >= 15 is 0 Å². The molecule has 3 nitrogen and oxygen atoms in total. The van der Waals surface area contributed by atoms with Crippen molar-refractivity contribution in [2.45, 2.75) is 25.7 Å². The Bertz CT molecular complexity index is 965. The van der Waals surface area contributed by atoms with Crippen LogP contribution in [0.5, 0.6) is 5.75 Å². The number of halogens is 1. The summed E-state index contributed by atoms with van der Waals surface area (Å²) >= 11 is 1.61. The van der Waals surface area contributed by atoms with Crippen molar-refractivity contribution in [1.82, 2.24) is 0 Å². The smallest absolute Gasteiger partial charge is 0.225 e. The summed E-state index contributed by atoms with van der Waals surface area (Å²) < 4.78 is 19.3. The predicted octanol–water partition coefficient (Wildman–Crippen LogP) is 5.82. The predicted molar refractivity (Wildman–Crippen MR) is 107 cm³/mol. The average Bonchev–Trinajstić information content (AvgIpc) is 3.10. The largest absolute Gasteiger partial charge is 0.494 e. The third-order valence-corrected chi connectivity index (χ3v) is 5.78. The molecule has 0 saturated heterocycles. The zero-order chi connectivity index (χ0) is 18.8. The van der Waals surface area contributed by atoms with Gasteiger partial charge in [0.05, 0.1) is 12.3 Å². The highest BCUT2D eigenvalue weighted by molar-refractivity contribution is 7.11. The lowest BCUT2D eigenvalue weighted by Crippen LogP contribution is -2.22. The highest BCUT2D eigenvalue weighted by atomic mass is 32.1. The number of amides is 1. The molecule has 5 heteroatoms. The van der Waals surface area contributed by atoms with Gasteiger partial charge >= 0.3 is 0 Å². The van der Waals surface area contributed by atoms with E-state index in [0.29, 0.717) is 13.0 Å². The van der Waals surface area contributed by atoms with E-state index in [1.165, 1.54) is 12.1 Å². The van der Waals surface area contributed by atoms with E-state index in [1.807, 2.05) is 35.7 Å². The van der Waals surface area contributed by atoms with E-state index in [4.69, 9.17) is 4.74 Å². The summed E-state index contributed by atoms with van der Waals surface area (Å²) in [6.45, 7) is 2.76. The number of nitrogens with one attached hydrogen (secondary N) is 1. The Morgan fingerprint density at radius 2 is 2.04 bits per heavy atom. The fraction of sp³-hybridized carbons (Fsp3) is 0.227. The minimum absolute atomic E-state index is 0.00119. The molecule has 0 spiro atoms. The second-order valence-electron chi connectivity index (χ2n) is 6.62. The van der Waals surface area contributed by atoms with E-state index in [0.717, 1.165) is 39.4 Å². The monoisotopic (exact) mass is 381 g/mol. The highest BCUT2D eigenvalue weighted by Crippen LogP contribution is 2.46. The van der Waals surface area contributed by atoms with Crippen LogP contribution in [0.1, 0.15) is 36.1 Å². The van der Waals surface area contributed by atoms with Gasteiger partial charge < -0.3 is 10.1 Å². The maximum atomic E-state index is 13.6. The zero-order valence-electron chi connectivity index (χ0n) is 15.0. The summed E-state index contributed by atoms with van der Waals surface area (Å²) in [6.07, 6.45) is 1.37. The third-order valence-electron chi connectivity index (χ3n) is 4.68. The Labute approximate surface area is 161 Å². The summed E-state index contributed by atoms with van der Waals surface area (Å²) in [7, 11) is 0. The van der Waals surface area contributed by atoms with Crippen molar-refractivity contribution >= 4 is 22.9 Å². The van der Waals surface area contributed by atoms with Gasteiger partial charge in [0.15, 0.2) is 0 Å². The molecule has 0 fully saturated rings. The fourth-order valence-corrected chi connectivity index (χ4v) is 4.54. The molecule has 4 rings (SSSR count). The number of ether oxygens (including phenoxy) is 1. The van der Waals surface area contributed by atoms with Gasteiger partial charge in [0.2, 0.25) is 5.91 Å². The molecule has 0 saturated carbocycles. The summed E-state index contributed by atoms with van der Waals surface area (Å²) in [6, 6.07) is 14.4. The van der Waals surface area contributed by atoms with E-state index in [-0.39, 0.29) is 17.6 Å². The summed E-state index contributed by atoms with van der Waals surface area (Å²) in [4.78, 5) is 13.5. The Kier molecular flexibility index (Phi) is 4.94. The Balaban J connectivity index is 1.69. The van der Waals surface area contributed by atoms with Gasteiger partial charge in [-0.1, -0.05) is 31.2 Å². The summed E-state index contributed by atoms with van der Waals surface area (Å²) in [5.74, 6) is 0.540. The van der Waals surface area contributed by atoms with E-state index in [1.54, 1.807) is 17.4 Å². The average molecular weight is 381 g/mol. The molecule has 0 bridgehead atoms. The maximum Gasteiger partial charge on any atom is 0.225 e. The lowest BCUT2D eigenvalue weighted by atomic mass is 9.89. The SMILES string of the molecule is CCCOc1ccc([C@H]2CC(=O)Nc3c(-c4cccc(F)c4)csc32)cc1. The van der Waals surface area contributed by atoms with E-state index in [2.05, 4.69) is 12.2 Å². The number of benzene rings is 2. The molecular weight excluding hydrogens is 361 g/mol. The van der Waals surface area contributed by atoms with Crippen LogP contribution in [0.2, 0.25) is 0 Å². The van der Waals surface area contributed by atoms with Crippen molar-refractivity contribution in [2.75, 3.05) is 11.9 Å². The first kappa shape index (κ1) is 17.7. The molecule has 1 aromatic heterocycles. The van der Waals surface area contributed by atoms with Crippen LogP contribution in [-0.2, 0) is 4.79 Å². The van der Waals surface area contributed by atoms with Gasteiger partial charge in [0.1, 0.15) is 11.6 Å².